The second-order valence-electron chi connectivity index (χ2n) is 3.31. The smallest absolute Gasteiger partial charge is 0.258 e. The van der Waals surface area contributed by atoms with Gasteiger partial charge in [-0.2, -0.15) is 0 Å². The molecule has 0 aliphatic rings. The lowest BCUT2D eigenvalue weighted by molar-refractivity contribution is -0.384. The monoisotopic (exact) mass is 325 g/mol. The number of rotatable bonds is 2. The van der Waals surface area contributed by atoms with Gasteiger partial charge < -0.3 is 0 Å². The Balaban J connectivity index is 2.34. The summed E-state index contributed by atoms with van der Waals surface area (Å²) in [5.74, 6) is 0. The van der Waals surface area contributed by atoms with Crippen molar-refractivity contribution >= 4 is 28.3 Å². The van der Waals surface area contributed by atoms with Crippen LogP contribution in [0.2, 0.25) is 0 Å². The van der Waals surface area contributed by atoms with Crippen molar-refractivity contribution in [2.45, 2.75) is 0 Å². The zero-order valence-electron chi connectivity index (χ0n) is 8.26. The van der Waals surface area contributed by atoms with Crippen molar-refractivity contribution in [3.05, 3.63) is 62.2 Å². The molecular weight excluding hydrogens is 317 g/mol. The minimum atomic E-state index is -0.391. The first-order chi connectivity index (χ1) is 7.66. The van der Waals surface area contributed by atoms with Gasteiger partial charge in [-0.15, -0.1) is 0 Å². The summed E-state index contributed by atoms with van der Waals surface area (Å²) in [5, 5.41) is 10.5. The summed E-state index contributed by atoms with van der Waals surface area (Å²) >= 11 is 2.24. The van der Waals surface area contributed by atoms with E-state index in [4.69, 9.17) is 0 Å². The van der Waals surface area contributed by atoms with Gasteiger partial charge in [-0.25, -0.2) is 0 Å². The number of benzene rings is 2. The summed E-state index contributed by atoms with van der Waals surface area (Å²) in [7, 11) is 0. The third-order valence-corrected chi connectivity index (χ3v) is 2.97. The maximum absolute atomic E-state index is 10.5. The van der Waals surface area contributed by atoms with Gasteiger partial charge in [0.05, 0.1) is 4.92 Å². The number of nitro benzene ring substituents is 1. The van der Waals surface area contributed by atoms with E-state index in [1.807, 2.05) is 24.3 Å². The molecule has 0 aliphatic carbocycles. The molecule has 0 amide bonds. The Kier molecular flexibility index (Phi) is 3.19. The molecule has 0 N–H and O–H groups in total. The molecule has 0 fully saturated rings. The Bertz CT molecular complexity index is 506. The normalized spacial score (nSPS) is 10.1. The van der Waals surface area contributed by atoms with Crippen molar-refractivity contribution in [2.24, 2.45) is 0 Å². The van der Waals surface area contributed by atoms with Crippen molar-refractivity contribution in [3.8, 4) is 11.1 Å². The van der Waals surface area contributed by atoms with Crippen LogP contribution in [-0.4, -0.2) is 4.92 Å². The fourth-order valence-electron chi connectivity index (χ4n) is 1.42. The fraction of sp³-hybridized carbons (Fsp3) is 0. The Hall–Kier alpha value is -1.43. The summed E-state index contributed by atoms with van der Waals surface area (Å²) in [6.07, 6.45) is 0. The van der Waals surface area contributed by atoms with Crippen LogP contribution < -0.4 is 0 Å². The molecule has 0 radical (unpaired) electrons. The lowest BCUT2D eigenvalue weighted by atomic mass is 10.1. The molecule has 0 saturated carbocycles. The highest BCUT2D eigenvalue weighted by atomic mass is 127. The molecule has 2 aromatic carbocycles. The van der Waals surface area contributed by atoms with Gasteiger partial charge in [-0.3, -0.25) is 10.1 Å². The summed E-state index contributed by atoms with van der Waals surface area (Å²) in [6, 6.07) is 14.6. The topological polar surface area (TPSA) is 43.1 Å². The average molecular weight is 325 g/mol. The van der Waals surface area contributed by atoms with Crippen LogP contribution in [0.4, 0.5) is 5.69 Å². The van der Waals surface area contributed by atoms with E-state index in [2.05, 4.69) is 22.6 Å². The van der Waals surface area contributed by atoms with Gasteiger partial charge in [-0.1, -0.05) is 12.1 Å². The molecule has 80 valence electrons. The van der Waals surface area contributed by atoms with Crippen molar-refractivity contribution in [1.82, 2.24) is 0 Å². The minimum Gasteiger partial charge on any atom is -0.258 e. The van der Waals surface area contributed by atoms with Gasteiger partial charge >= 0.3 is 0 Å². The summed E-state index contributed by atoms with van der Waals surface area (Å²) < 4.78 is 1.17. The number of non-ortho nitro benzene ring substituents is 1. The van der Waals surface area contributed by atoms with Crippen molar-refractivity contribution in [2.75, 3.05) is 0 Å². The van der Waals surface area contributed by atoms with Crippen LogP contribution >= 0.6 is 22.6 Å². The van der Waals surface area contributed by atoms with Crippen LogP contribution in [0.1, 0.15) is 0 Å². The molecule has 2 rings (SSSR count). The lowest BCUT2D eigenvalue weighted by Gasteiger charge is -2.01. The van der Waals surface area contributed by atoms with E-state index < -0.39 is 4.92 Å². The van der Waals surface area contributed by atoms with Crippen molar-refractivity contribution in [3.63, 3.8) is 0 Å². The number of nitro groups is 1. The Morgan fingerprint density at radius 1 is 0.875 bits per heavy atom. The quantitative estimate of drug-likeness (QED) is 0.478. The van der Waals surface area contributed by atoms with Crippen LogP contribution in [0, 0.1) is 13.7 Å². The highest BCUT2D eigenvalue weighted by molar-refractivity contribution is 14.1. The molecule has 0 heterocycles. The second kappa shape index (κ2) is 4.61. The summed E-state index contributed by atoms with van der Waals surface area (Å²) in [5.41, 5.74) is 2.17. The first kappa shape index (κ1) is 11.1. The van der Waals surface area contributed by atoms with Crippen LogP contribution in [0.25, 0.3) is 11.1 Å². The van der Waals surface area contributed by atoms with Gasteiger partial charge in [0, 0.05) is 15.7 Å². The van der Waals surface area contributed by atoms with Gasteiger partial charge in [-0.05, 0) is 58.0 Å². The number of halogens is 1. The first-order valence-corrected chi connectivity index (χ1v) is 5.75. The summed E-state index contributed by atoms with van der Waals surface area (Å²) in [6.45, 7) is 0. The van der Waals surface area contributed by atoms with E-state index >= 15 is 0 Å². The number of hydrogen-bond acceptors (Lipinski definition) is 2. The molecule has 0 spiro atoms. The molecular formula is C12H8INO2. The largest absolute Gasteiger partial charge is 0.269 e. The Morgan fingerprint density at radius 3 is 1.75 bits per heavy atom. The maximum atomic E-state index is 10.5. The molecule has 3 nitrogen and oxygen atoms in total. The van der Waals surface area contributed by atoms with E-state index in [9.17, 15) is 10.1 Å². The zero-order chi connectivity index (χ0) is 11.5. The van der Waals surface area contributed by atoms with E-state index in [1.54, 1.807) is 12.1 Å². The van der Waals surface area contributed by atoms with E-state index in [1.165, 1.54) is 15.7 Å². The van der Waals surface area contributed by atoms with Gasteiger partial charge in [0.2, 0.25) is 0 Å². The average Bonchev–Trinajstić information content (AvgIpc) is 2.30. The predicted octanol–water partition coefficient (Wildman–Crippen LogP) is 3.87. The molecule has 0 unspecified atom stereocenters. The molecule has 4 heteroatoms. The third-order valence-electron chi connectivity index (χ3n) is 2.26. The lowest BCUT2D eigenvalue weighted by Crippen LogP contribution is -1.87. The molecule has 0 aromatic heterocycles. The molecule has 0 saturated heterocycles. The molecule has 0 atom stereocenters. The SMILES string of the molecule is O=[N+]([O-])c1ccc(-c2ccc(I)cc2)cc1. The zero-order valence-corrected chi connectivity index (χ0v) is 10.4. The van der Waals surface area contributed by atoms with Gasteiger partial charge in [0.25, 0.3) is 5.69 Å². The van der Waals surface area contributed by atoms with Crippen LogP contribution in [0.15, 0.2) is 48.5 Å². The van der Waals surface area contributed by atoms with E-state index in [0.717, 1.165) is 11.1 Å². The van der Waals surface area contributed by atoms with Crippen LogP contribution in [0.3, 0.4) is 0 Å². The predicted molar refractivity (Wildman–Crippen MR) is 71.2 cm³/mol. The van der Waals surface area contributed by atoms with Gasteiger partial charge in [0.1, 0.15) is 0 Å². The highest BCUT2D eigenvalue weighted by Crippen LogP contribution is 2.22. The van der Waals surface area contributed by atoms with Crippen LogP contribution in [-0.2, 0) is 0 Å². The first-order valence-electron chi connectivity index (χ1n) is 4.67. The number of hydrogen-bond donors (Lipinski definition) is 0. The number of nitrogens with zero attached hydrogens (tertiary/aromatic N) is 1. The standard InChI is InChI=1S/C12H8INO2/c13-11-5-1-9(2-6-11)10-3-7-12(8-4-10)14(15)16/h1-8H. The molecule has 0 bridgehead atoms. The second-order valence-corrected chi connectivity index (χ2v) is 4.56. The Labute approximate surface area is 106 Å². The van der Waals surface area contributed by atoms with Gasteiger partial charge in [0.15, 0.2) is 0 Å². The maximum Gasteiger partial charge on any atom is 0.269 e. The van der Waals surface area contributed by atoms with Crippen molar-refractivity contribution in [1.29, 1.82) is 0 Å². The van der Waals surface area contributed by atoms with Crippen molar-refractivity contribution < 1.29 is 4.92 Å². The molecule has 16 heavy (non-hydrogen) atoms. The fourth-order valence-corrected chi connectivity index (χ4v) is 1.78. The van der Waals surface area contributed by atoms with Crippen LogP contribution in [0.5, 0.6) is 0 Å². The third kappa shape index (κ3) is 2.38. The molecule has 2 aromatic rings. The minimum absolute atomic E-state index is 0.120. The molecule has 0 aliphatic heterocycles. The van der Waals surface area contributed by atoms with E-state index in [0.29, 0.717) is 0 Å². The highest BCUT2D eigenvalue weighted by Gasteiger charge is 2.04. The van der Waals surface area contributed by atoms with E-state index in [-0.39, 0.29) is 5.69 Å². The Morgan fingerprint density at radius 2 is 1.31 bits per heavy atom. The summed E-state index contributed by atoms with van der Waals surface area (Å²) in [4.78, 5) is 10.1.